The molecule has 1 saturated heterocycles. The molecule has 1 aromatic heterocycles. The zero-order valence-corrected chi connectivity index (χ0v) is 18.4. The predicted molar refractivity (Wildman–Crippen MR) is 119 cm³/mol. The summed E-state index contributed by atoms with van der Waals surface area (Å²) in [6, 6.07) is 13.3. The molecular formula is C22H25BN2O5S. The maximum Gasteiger partial charge on any atom is 0.477 e. The van der Waals surface area contributed by atoms with Gasteiger partial charge in [0.05, 0.1) is 4.90 Å². The number of rotatable bonds is 8. The van der Waals surface area contributed by atoms with Crippen molar-refractivity contribution in [3.05, 3.63) is 65.9 Å². The second-order valence-corrected chi connectivity index (χ2v) is 9.34. The molecule has 0 radical (unpaired) electrons. The zero-order chi connectivity index (χ0) is 22.0. The molecule has 162 valence electrons. The second-order valence-electron chi connectivity index (χ2n) is 7.81. The largest absolute Gasteiger partial charge is 0.517 e. The number of hydrogen-bond donors (Lipinski definition) is 1. The van der Waals surface area contributed by atoms with Gasteiger partial charge in [0.15, 0.2) is 0 Å². The summed E-state index contributed by atoms with van der Waals surface area (Å²) in [5.74, 6) is -0.481. The van der Waals surface area contributed by atoms with Gasteiger partial charge in [0.25, 0.3) is 0 Å². The van der Waals surface area contributed by atoms with Crippen molar-refractivity contribution in [2.75, 3.05) is 0 Å². The van der Waals surface area contributed by atoms with Crippen LogP contribution in [0.3, 0.4) is 0 Å². The van der Waals surface area contributed by atoms with Crippen molar-refractivity contribution >= 4 is 34.0 Å². The van der Waals surface area contributed by atoms with E-state index in [1.54, 1.807) is 12.1 Å². The summed E-state index contributed by atoms with van der Waals surface area (Å²) in [6.07, 6.45) is 4.27. The smallest absolute Gasteiger partial charge is 0.477 e. The van der Waals surface area contributed by atoms with Crippen LogP contribution in [0.1, 0.15) is 30.9 Å². The van der Waals surface area contributed by atoms with Crippen LogP contribution >= 0.6 is 0 Å². The first-order valence-corrected chi connectivity index (χ1v) is 11.8. The summed E-state index contributed by atoms with van der Waals surface area (Å²) < 4.78 is 37.0. The van der Waals surface area contributed by atoms with Crippen molar-refractivity contribution in [3.63, 3.8) is 0 Å². The number of H-pyrrole nitrogens is 1. The van der Waals surface area contributed by atoms with Gasteiger partial charge in [0, 0.05) is 23.5 Å². The third-order valence-electron chi connectivity index (χ3n) is 5.50. The third kappa shape index (κ3) is 4.53. The molecule has 0 bridgehead atoms. The maximum atomic E-state index is 12.9. The van der Waals surface area contributed by atoms with Crippen LogP contribution < -0.4 is 0 Å². The summed E-state index contributed by atoms with van der Waals surface area (Å²) in [6.45, 7) is 3.90. The molecule has 0 amide bonds. The quantitative estimate of drug-likeness (QED) is 0.536. The highest BCUT2D eigenvalue weighted by Gasteiger charge is 2.49. The number of aromatic nitrogens is 1. The van der Waals surface area contributed by atoms with Gasteiger partial charge in [-0.3, -0.25) is 4.79 Å². The van der Waals surface area contributed by atoms with E-state index in [1.807, 2.05) is 44.3 Å². The van der Waals surface area contributed by atoms with E-state index < -0.39 is 29.2 Å². The summed E-state index contributed by atoms with van der Waals surface area (Å²) in [7, 11) is -4.86. The number of unbranched alkanes of at least 4 members (excludes halogenated alkanes) is 1. The first kappa shape index (κ1) is 21.6. The number of nitrogens with zero attached hydrogens (tertiary/aromatic N) is 1. The van der Waals surface area contributed by atoms with E-state index in [0.29, 0.717) is 6.32 Å². The fourth-order valence-electron chi connectivity index (χ4n) is 3.78. The van der Waals surface area contributed by atoms with Crippen molar-refractivity contribution in [1.82, 2.24) is 9.96 Å². The second kappa shape index (κ2) is 8.86. The summed E-state index contributed by atoms with van der Waals surface area (Å²) >= 11 is 0. The van der Waals surface area contributed by atoms with Gasteiger partial charge in [-0.05, 0) is 37.0 Å². The van der Waals surface area contributed by atoms with Crippen LogP contribution in [0.5, 0.6) is 0 Å². The first-order valence-electron chi connectivity index (χ1n) is 10.4. The highest BCUT2D eigenvalue weighted by atomic mass is 32.2. The molecule has 0 aliphatic carbocycles. The van der Waals surface area contributed by atoms with Gasteiger partial charge in [-0.1, -0.05) is 55.7 Å². The SMILES string of the molecule is CCCCB1OC(=O)[C@H](Cc2c[nH]c3ccccc23)N1OS(=O)(=O)c1ccc(C)cc1. The van der Waals surface area contributed by atoms with E-state index in [1.165, 1.54) is 17.1 Å². The predicted octanol–water partition coefficient (Wildman–Crippen LogP) is 3.86. The van der Waals surface area contributed by atoms with Gasteiger partial charge in [-0.25, -0.2) is 0 Å². The standard InChI is InChI=1S/C22H25BN2O5S/c1-3-4-13-23-25(30-31(27,28)18-11-9-16(2)10-12-18)21(22(26)29-23)14-17-15-24-20-8-6-5-7-19(17)20/h5-12,15,21,24H,3-4,13-14H2,1-2H3/t21-/m0/s1. The Morgan fingerprint density at radius 2 is 1.90 bits per heavy atom. The lowest BCUT2D eigenvalue weighted by atomic mass is 9.76. The lowest BCUT2D eigenvalue weighted by Crippen LogP contribution is -2.43. The van der Waals surface area contributed by atoms with E-state index in [0.717, 1.165) is 34.9 Å². The molecule has 1 aliphatic rings. The average Bonchev–Trinajstić information content (AvgIpc) is 3.28. The Kier molecular flexibility index (Phi) is 6.18. The fraction of sp³-hybridized carbons (Fsp3) is 0.318. The van der Waals surface area contributed by atoms with Gasteiger partial charge < -0.3 is 9.64 Å². The molecule has 0 unspecified atom stereocenters. The van der Waals surface area contributed by atoms with Crippen LogP contribution in [-0.4, -0.2) is 37.4 Å². The molecule has 9 heteroatoms. The van der Waals surface area contributed by atoms with Gasteiger partial charge in [-0.2, -0.15) is 17.7 Å². The van der Waals surface area contributed by atoms with Crippen LogP contribution in [0.4, 0.5) is 0 Å². The van der Waals surface area contributed by atoms with E-state index in [-0.39, 0.29) is 11.3 Å². The molecule has 1 N–H and O–H groups in total. The van der Waals surface area contributed by atoms with Gasteiger partial charge in [-0.15, -0.1) is 0 Å². The van der Waals surface area contributed by atoms with Crippen LogP contribution in [0.25, 0.3) is 10.9 Å². The lowest BCUT2D eigenvalue weighted by Gasteiger charge is -2.22. The Morgan fingerprint density at radius 1 is 1.16 bits per heavy atom. The monoisotopic (exact) mass is 440 g/mol. The summed E-state index contributed by atoms with van der Waals surface area (Å²) in [5.41, 5.74) is 2.79. The fourth-order valence-corrected chi connectivity index (χ4v) is 4.76. The minimum atomic E-state index is -4.11. The number of benzene rings is 2. The molecule has 1 atom stereocenters. The Morgan fingerprint density at radius 3 is 2.65 bits per heavy atom. The topological polar surface area (TPSA) is 88.7 Å². The van der Waals surface area contributed by atoms with Crippen LogP contribution in [-0.2, 0) is 30.3 Å². The molecule has 1 fully saturated rings. The number of para-hydroxylation sites is 1. The number of nitrogens with one attached hydrogen (secondary N) is 1. The van der Waals surface area contributed by atoms with Crippen molar-refractivity contribution in [3.8, 4) is 0 Å². The van der Waals surface area contributed by atoms with Crippen molar-refractivity contribution in [2.24, 2.45) is 0 Å². The number of hydrogen-bond acceptors (Lipinski definition) is 6. The minimum absolute atomic E-state index is 0.0394. The van der Waals surface area contributed by atoms with Gasteiger partial charge in [0.2, 0.25) is 0 Å². The summed E-state index contributed by atoms with van der Waals surface area (Å²) in [4.78, 5) is 17.2. The molecule has 3 aromatic rings. The number of aromatic amines is 1. The number of carbonyl (C=O) groups is 1. The molecule has 0 spiro atoms. The molecule has 2 aromatic carbocycles. The third-order valence-corrected chi connectivity index (χ3v) is 6.72. The lowest BCUT2D eigenvalue weighted by molar-refractivity contribution is -0.137. The molecular weight excluding hydrogens is 415 g/mol. The average molecular weight is 440 g/mol. The van der Waals surface area contributed by atoms with E-state index >= 15 is 0 Å². The molecule has 2 heterocycles. The van der Waals surface area contributed by atoms with Gasteiger partial charge >= 0.3 is 23.1 Å². The van der Waals surface area contributed by atoms with Crippen LogP contribution in [0.2, 0.25) is 6.32 Å². The Bertz CT molecular complexity index is 1180. The maximum absolute atomic E-state index is 12.9. The highest BCUT2D eigenvalue weighted by molar-refractivity contribution is 7.86. The van der Waals surface area contributed by atoms with Crippen LogP contribution in [0.15, 0.2) is 59.6 Å². The van der Waals surface area contributed by atoms with E-state index in [2.05, 4.69) is 4.98 Å². The normalized spacial score (nSPS) is 17.4. The highest BCUT2D eigenvalue weighted by Crippen LogP contribution is 2.29. The molecule has 7 nitrogen and oxygen atoms in total. The molecule has 0 saturated carbocycles. The number of carbonyl (C=O) groups excluding carboxylic acids is 1. The van der Waals surface area contributed by atoms with E-state index in [4.69, 9.17) is 8.94 Å². The number of fused-ring (bicyclic) bond motifs is 1. The summed E-state index contributed by atoms with van der Waals surface area (Å²) in [5, 5.41) is 0.980. The Hall–Kier alpha value is -2.62. The van der Waals surface area contributed by atoms with Crippen molar-refractivity contribution in [2.45, 2.75) is 50.4 Å². The Labute approximate surface area is 182 Å². The molecule has 31 heavy (non-hydrogen) atoms. The van der Waals surface area contributed by atoms with Gasteiger partial charge in [0.1, 0.15) is 6.04 Å². The number of hydroxylamine groups is 1. The van der Waals surface area contributed by atoms with Crippen molar-refractivity contribution in [1.29, 1.82) is 0 Å². The minimum Gasteiger partial charge on any atom is -0.517 e. The molecule has 4 rings (SSSR count). The first-order chi connectivity index (χ1) is 14.9. The zero-order valence-electron chi connectivity index (χ0n) is 17.6. The number of aryl methyl sites for hydroxylation is 1. The van der Waals surface area contributed by atoms with Crippen molar-refractivity contribution < 1.29 is 22.2 Å². The van der Waals surface area contributed by atoms with E-state index in [9.17, 15) is 13.2 Å². The molecule has 1 aliphatic heterocycles. The van der Waals surface area contributed by atoms with Crippen LogP contribution in [0, 0.1) is 6.92 Å². The Balaban J connectivity index is 1.64.